The third kappa shape index (κ3) is 4.37. The molecule has 0 aliphatic rings. The van der Waals surface area contributed by atoms with Crippen LogP contribution < -0.4 is 0 Å². The minimum Gasteiger partial charge on any atom is -0.358 e. The van der Waals surface area contributed by atoms with Crippen molar-refractivity contribution in [1.29, 1.82) is 0 Å². The van der Waals surface area contributed by atoms with E-state index in [1.165, 1.54) is 29.1 Å². The first-order valence-corrected chi connectivity index (χ1v) is 7.39. The van der Waals surface area contributed by atoms with Crippen molar-refractivity contribution in [2.45, 2.75) is 39.4 Å². The molecule has 2 rings (SSSR count). The van der Waals surface area contributed by atoms with E-state index >= 15 is 0 Å². The molecule has 8 heteroatoms. The number of carbonyl (C=O) groups excluding carboxylic acids is 1. The zero-order chi connectivity index (χ0) is 17.9. The molecule has 0 spiro atoms. The Kier molecular flexibility index (Phi) is 4.96. The van der Waals surface area contributed by atoms with Gasteiger partial charge in [0.25, 0.3) is 0 Å². The summed E-state index contributed by atoms with van der Waals surface area (Å²) < 4.78 is 14.3. The van der Waals surface area contributed by atoms with Crippen molar-refractivity contribution in [2.75, 3.05) is 0 Å². The normalized spacial score (nSPS) is 11.3. The van der Waals surface area contributed by atoms with E-state index in [-0.39, 0.29) is 24.1 Å². The van der Waals surface area contributed by atoms with Crippen LogP contribution in [0, 0.1) is 15.9 Å². The SMILES string of the molecule is CC(C)(C)N(Cc1ccc(F)cc1)C(=O)Cn1ccc([N+](=O)[O-])n1. The van der Waals surface area contributed by atoms with Gasteiger partial charge in [-0.2, -0.15) is 4.68 Å². The van der Waals surface area contributed by atoms with Gasteiger partial charge in [-0.25, -0.2) is 4.39 Å². The van der Waals surface area contributed by atoms with E-state index in [9.17, 15) is 19.3 Å². The van der Waals surface area contributed by atoms with Crippen molar-refractivity contribution in [3.63, 3.8) is 0 Å². The third-order valence-corrected chi connectivity index (χ3v) is 3.48. The Morgan fingerprint density at radius 3 is 2.42 bits per heavy atom. The Morgan fingerprint density at radius 1 is 1.29 bits per heavy atom. The predicted octanol–water partition coefficient (Wildman–Crippen LogP) is 2.76. The second kappa shape index (κ2) is 6.77. The Labute approximate surface area is 138 Å². The Hall–Kier alpha value is -2.77. The predicted molar refractivity (Wildman–Crippen MR) is 85.6 cm³/mol. The fourth-order valence-electron chi connectivity index (χ4n) is 2.23. The Morgan fingerprint density at radius 2 is 1.92 bits per heavy atom. The number of rotatable bonds is 5. The number of hydrogen-bond donors (Lipinski definition) is 0. The second-order valence-electron chi connectivity index (χ2n) is 6.41. The minimum atomic E-state index is -0.610. The number of benzene rings is 1. The summed E-state index contributed by atoms with van der Waals surface area (Å²) in [6.45, 7) is 5.87. The van der Waals surface area contributed by atoms with Crippen LogP contribution in [-0.2, 0) is 17.9 Å². The molecular formula is C16H19FN4O3. The molecule has 0 aliphatic carbocycles. The highest BCUT2D eigenvalue weighted by atomic mass is 19.1. The zero-order valence-electron chi connectivity index (χ0n) is 13.8. The molecule has 0 radical (unpaired) electrons. The molecule has 0 aliphatic heterocycles. The van der Waals surface area contributed by atoms with E-state index in [1.54, 1.807) is 17.0 Å². The quantitative estimate of drug-likeness (QED) is 0.622. The first-order chi connectivity index (χ1) is 11.2. The summed E-state index contributed by atoms with van der Waals surface area (Å²) in [6.07, 6.45) is 1.40. The lowest BCUT2D eigenvalue weighted by atomic mass is 10.0. The van der Waals surface area contributed by atoms with Gasteiger partial charge in [0.2, 0.25) is 5.91 Å². The smallest absolute Gasteiger partial charge is 0.358 e. The molecule has 2 aromatic rings. The lowest BCUT2D eigenvalue weighted by Crippen LogP contribution is -2.46. The second-order valence-corrected chi connectivity index (χ2v) is 6.41. The fourth-order valence-corrected chi connectivity index (χ4v) is 2.23. The molecule has 1 aromatic heterocycles. The molecule has 0 N–H and O–H groups in total. The molecule has 7 nitrogen and oxygen atoms in total. The van der Waals surface area contributed by atoms with Gasteiger partial charge in [-0.1, -0.05) is 12.1 Å². The van der Waals surface area contributed by atoms with Crippen molar-refractivity contribution in [1.82, 2.24) is 14.7 Å². The molecule has 24 heavy (non-hydrogen) atoms. The van der Waals surface area contributed by atoms with Crippen LogP contribution in [0.2, 0.25) is 0 Å². The molecule has 0 saturated heterocycles. The van der Waals surface area contributed by atoms with Crippen LogP contribution in [-0.4, -0.2) is 31.0 Å². The van der Waals surface area contributed by atoms with Crippen LogP contribution in [0.25, 0.3) is 0 Å². The van der Waals surface area contributed by atoms with Crippen LogP contribution in [0.3, 0.4) is 0 Å². The number of nitrogens with zero attached hydrogens (tertiary/aromatic N) is 4. The first-order valence-electron chi connectivity index (χ1n) is 7.39. The van der Waals surface area contributed by atoms with Crippen molar-refractivity contribution in [2.24, 2.45) is 0 Å². The van der Waals surface area contributed by atoms with Crippen molar-refractivity contribution < 1.29 is 14.1 Å². The summed E-state index contributed by atoms with van der Waals surface area (Å²) in [5.41, 5.74) is 0.330. The molecule has 1 aromatic carbocycles. The monoisotopic (exact) mass is 334 g/mol. The zero-order valence-corrected chi connectivity index (χ0v) is 13.8. The Balaban J connectivity index is 2.15. The van der Waals surface area contributed by atoms with E-state index in [1.807, 2.05) is 20.8 Å². The summed E-state index contributed by atoms with van der Waals surface area (Å²) in [6, 6.07) is 7.18. The number of hydrogen-bond acceptors (Lipinski definition) is 4. The van der Waals surface area contributed by atoms with E-state index in [0.717, 1.165) is 5.56 Å². The van der Waals surface area contributed by atoms with E-state index in [2.05, 4.69) is 5.10 Å². The van der Waals surface area contributed by atoms with Crippen molar-refractivity contribution in [3.8, 4) is 0 Å². The van der Waals surface area contributed by atoms with Gasteiger partial charge in [-0.3, -0.25) is 4.79 Å². The fraction of sp³-hybridized carbons (Fsp3) is 0.375. The van der Waals surface area contributed by atoms with Crippen LogP contribution in [0.1, 0.15) is 26.3 Å². The van der Waals surface area contributed by atoms with Crippen LogP contribution in [0.5, 0.6) is 0 Å². The minimum absolute atomic E-state index is 0.105. The third-order valence-electron chi connectivity index (χ3n) is 3.48. The van der Waals surface area contributed by atoms with Gasteiger partial charge in [0.05, 0.1) is 17.4 Å². The molecule has 1 amide bonds. The maximum absolute atomic E-state index is 13.0. The molecular weight excluding hydrogens is 315 g/mol. The first kappa shape index (κ1) is 17.6. The highest BCUT2D eigenvalue weighted by molar-refractivity contribution is 5.76. The van der Waals surface area contributed by atoms with Gasteiger partial charge in [-0.05, 0) is 43.4 Å². The lowest BCUT2D eigenvalue weighted by Gasteiger charge is -2.35. The number of amides is 1. The summed E-state index contributed by atoms with van der Waals surface area (Å²) in [5, 5.41) is 14.4. The van der Waals surface area contributed by atoms with Crippen LogP contribution in [0.4, 0.5) is 10.2 Å². The van der Waals surface area contributed by atoms with E-state index in [4.69, 9.17) is 0 Å². The summed E-state index contributed by atoms with van der Waals surface area (Å²) in [7, 11) is 0. The maximum atomic E-state index is 13.0. The van der Waals surface area contributed by atoms with Gasteiger partial charge in [0.1, 0.15) is 12.4 Å². The van der Waals surface area contributed by atoms with Crippen LogP contribution in [0.15, 0.2) is 36.5 Å². The molecule has 0 bridgehead atoms. The van der Waals surface area contributed by atoms with Crippen LogP contribution >= 0.6 is 0 Å². The summed E-state index contributed by atoms with van der Waals surface area (Å²) in [4.78, 5) is 24.3. The number of aromatic nitrogens is 2. The van der Waals surface area contributed by atoms with Crippen molar-refractivity contribution in [3.05, 3.63) is 58.0 Å². The highest BCUT2D eigenvalue weighted by Gasteiger charge is 2.27. The molecule has 0 atom stereocenters. The summed E-state index contributed by atoms with van der Waals surface area (Å²) >= 11 is 0. The lowest BCUT2D eigenvalue weighted by molar-refractivity contribution is -0.389. The molecule has 0 unspecified atom stereocenters. The number of carbonyl (C=O) groups is 1. The number of halogens is 1. The van der Waals surface area contributed by atoms with E-state index in [0.29, 0.717) is 6.54 Å². The largest absolute Gasteiger partial charge is 0.389 e. The van der Waals surface area contributed by atoms with Gasteiger partial charge in [-0.15, -0.1) is 0 Å². The molecule has 0 saturated carbocycles. The van der Waals surface area contributed by atoms with Gasteiger partial charge >= 0.3 is 5.82 Å². The van der Waals surface area contributed by atoms with Gasteiger partial charge in [0.15, 0.2) is 0 Å². The average molecular weight is 334 g/mol. The molecule has 128 valence electrons. The van der Waals surface area contributed by atoms with Gasteiger partial charge < -0.3 is 15.0 Å². The van der Waals surface area contributed by atoms with Crippen molar-refractivity contribution >= 4 is 11.7 Å². The number of nitro groups is 1. The summed E-state index contributed by atoms with van der Waals surface area (Å²) in [5.74, 6) is -0.871. The molecule has 0 fully saturated rings. The standard InChI is InChI=1S/C16H19FN4O3/c1-16(2,3)20(10-12-4-6-13(17)7-5-12)15(22)11-19-9-8-14(18-19)21(23)24/h4-9H,10-11H2,1-3H3. The van der Waals surface area contributed by atoms with E-state index < -0.39 is 10.5 Å². The molecule has 1 heterocycles. The topological polar surface area (TPSA) is 81.3 Å². The van der Waals surface area contributed by atoms with Gasteiger partial charge in [0, 0.05) is 12.1 Å². The maximum Gasteiger partial charge on any atom is 0.389 e. The Bertz CT molecular complexity index is 735. The average Bonchev–Trinajstić information content (AvgIpc) is 2.94. The highest BCUT2D eigenvalue weighted by Crippen LogP contribution is 2.19.